The van der Waals surface area contributed by atoms with Gasteiger partial charge in [-0.3, -0.25) is 0 Å². The number of aryl methyl sites for hydroxylation is 2. The van der Waals surface area contributed by atoms with E-state index in [4.69, 9.17) is 23.2 Å². The lowest BCUT2D eigenvalue weighted by atomic mass is 10.1. The summed E-state index contributed by atoms with van der Waals surface area (Å²) in [6.07, 6.45) is 2.24. The van der Waals surface area contributed by atoms with Crippen LogP contribution in [0.2, 0.25) is 9.36 Å². The van der Waals surface area contributed by atoms with Crippen LogP contribution in [0.3, 0.4) is 0 Å². The van der Waals surface area contributed by atoms with E-state index in [2.05, 4.69) is 17.4 Å². The van der Waals surface area contributed by atoms with Crippen LogP contribution in [0.25, 0.3) is 0 Å². The molecule has 1 aliphatic rings. The Morgan fingerprint density at radius 2 is 2.11 bits per heavy atom. The number of nitrogens with one attached hydrogen (secondary N) is 1. The average Bonchev–Trinajstić information content (AvgIpc) is 2.85. The summed E-state index contributed by atoms with van der Waals surface area (Å²) >= 11 is 13.9. The summed E-state index contributed by atoms with van der Waals surface area (Å²) in [6.45, 7) is 2.01. The van der Waals surface area contributed by atoms with Crippen LogP contribution in [-0.4, -0.2) is 0 Å². The van der Waals surface area contributed by atoms with Crippen molar-refractivity contribution in [3.05, 3.63) is 49.6 Å². The Morgan fingerprint density at radius 3 is 2.89 bits per heavy atom. The van der Waals surface area contributed by atoms with Gasteiger partial charge in [0.25, 0.3) is 0 Å². The summed E-state index contributed by atoms with van der Waals surface area (Å²) in [4.78, 5) is 1.41. The molecule has 1 aliphatic carbocycles. The molecule has 0 amide bonds. The molecule has 18 heavy (non-hydrogen) atoms. The molecule has 0 saturated heterocycles. The number of halogens is 2. The van der Waals surface area contributed by atoms with Gasteiger partial charge in [0.05, 0.1) is 10.4 Å². The Bertz CT molecular complexity index is 591. The highest BCUT2D eigenvalue weighted by Gasteiger charge is 2.24. The molecule has 1 heterocycles. The molecule has 0 aliphatic heterocycles. The minimum Gasteiger partial charge on any atom is -0.378 e. The van der Waals surface area contributed by atoms with Gasteiger partial charge in [0.2, 0.25) is 0 Å². The molecule has 1 aromatic heterocycles. The lowest BCUT2D eigenvalue weighted by Crippen LogP contribution is -2.06. The van der Waals surface area contributed by atoms with Gasteiger partial charge in [-0.15, -0.1) is 11.3 Å². The third kappa shape index (κ3) is 2.25. The fourth-order valence-electron chi connectivity index (χ4n) is 2.36. The van der Waals surface area contributed by atoms with E-state index in [1.54, 1.807) is 11.3 Å². The standard InChI is InChI=1S/C14H13Cl2NS/c1-8-2-3-9(6-11(8)15)17-12-4-5-13-10(12)7-14(16)18-13/h2-3,6-7,12,17H,4-5H2,1H3. The van der Waals surface area contributed by atoms with E-state index in [1.807, 2.05) is 19.1 Å². The number of fused-ring (bicyclic) bond motifs is 1. The number of hydrogen-bond donors (Lipinski definition) is 1. The van der Waals surface area contributed by atoms with Gasteiger partial charge in [-0.1, -0.05) is 29.3 Å². The average molecular weight is 298 g/mol. The molecular formula is C14H13Cl2NS. The van der Waals surface area contributed by atoms with Gasteiger partial charge in [0.1, 0.15) is 0 Å². The molecular weight excluding hydrogens is 285 g/mol. The van der Waals surface area contributed by atoms with Gasteiger partial charge in [-0.05, 0) is 49.1 Å². The molecule has 1 unspecified atom stereocenters. The highest BCUT2D eigenvalue weighted by molar-refractivity contribution is 7.16. The van der Waals surface area contributed by atoms with Gasteiger partial charge in [0, 0.05) is 15.6 Å². The number of thiophene rings is 1. The van der Waals surface area contributed by atoms with E-state index >= 15 is 0 Å². The topological polar surface area (TPSA) is 12.0 Å². The molecule has 0 saturated carbocycles. The minimum atomic E-state index is 0.363. The van der Waals surface area contributed by atoms with Crippen molar-refractivity contribution in [3.8, 4) is 0 Å². The lowest BCUT2D eigenvalue weighted by Gasteiger charge is -2.15. The summed E-state index contributed by atoms with van der Waals surface area (Å²) in [5.74, 6) is 0. The molecule has 1 N–H and O–H groups in total. The fourth-order valence-corrected chi connectivity index (χ4v) is 3.90. The van der Waals surface area contributed by atoms with Crippen LogP contribution in [0.5, 0.6) is 0 Å². The highest BCUT2D eigenvalue weighted by Crippen LogP contribution is 2.41. The van der Waals surface area contributed by atoms with E-state index in [9.17, 15) is 0 Å². The van der Waals surface area contributed by atoms with Crippen molar-refractivity contribution < 1.29 is 0 Å². The van der Waals surface area contributed by atoms with E-state index in [-0.39, 0.29) is 0 Å². The van der Waals surface area contributed by atoms with E-state index in [0.717, 1.165) is 33.5 Å². The fraction of sp³-hybridized carbons (Fsp3) is 0.286. The zero-order valence-corrected chi connectivity index (χ0v) is 12.3. The summed E-state index contributed by atoms with van der Waals surface area (Å²) in [5, 5.41) is 4.35. The van der Waals surface area contributed by atoms with Gasteiger partial charge in [0.15, 0.2) is 0 Å². The highest BCUT2D eigenvalue weighted by atomic mass is 35.5. The predicted octanol–water partition coefficient (Wildman–Crippen LogP) is 5.46. The van der Waals surface area contributed by atoms with Crippen LogP contribution in [0.1, 0.15) is 28.5 Å². The molecule has 1 nitrogen and oxygen atoms in total. The van der Waals surface area contributed by atoms with Crippen molar-refractivity contribution in [3.63, 3.8) is 0 Å². The zero-order valence-electron chi connectivity index (χ0n) is 9.97. The zero-order chi connectivity index (χ0) is 12.7. The Balaban J connectivity index is 1.83. The van der Waals surface area contributed by atoms with Gasteiger partial charge >= 0.3 is 0 Å². The molecule has 3 rings (SSSR count). The minimum absolute atomic E-state index is 0.363. The maximum absolute atomic E-state index is 6.14. The van der Waals surface area contributed by atoms with Crippen LogP contribution in [0, 0.1) is 6.92 Å². The third-order valence-corrected chi connectivity index (χ3v) is 5.11. The second-order valence-corrected chi connectivity index (χ2v) is 6.80. The molecule has 0 radical (unpaired) electrons. The van der Waals surface area contributed by atoms with Gasteiger partial charge in [-0.25, -0.2) is 0 Å². The first-order chi connectivity index (χ1) is 8.63. The maximum atomic E-state index is 6.14. The maximum Gasteiger partial charge on any atom is 0.0934 e. The largest absolute Gasteiger partial charge is 0.378 e. The molecule has 0 spiro atoms. The van der Waals surface area contributed by atoms with Crippen molar-refractivity contribution in [2.75, 3.05) is 5.32 Å². The molecule has 0 bridgehead atoms. The lowest BCUT2D eigenvalue weighted by molar-refractivity contribution is 0.762. The van der Waals surface area contributed by atoms with E-state index in [0.29, 0.717) is 6.04 Å². The number of rotatable bonds is 2. The Labute approximate surface area is 121 Å². The Kier molecular flexibility index (Phi) is 3.27. The SMILES string of the molecule is Cc1ccc(NC2CCc3sc(Cl)cc32)cc1Cl. The Morgan fingerprint density at radius 1 is 1.28 bits per heavy atom. The van der Waals surface area contributed by atoms with Crippen molar-refractivity contribution >= 4 is 40.2 Å². The molecule has 0 fully saturated rings. The van der Waals surface area contributed by atoms with Crippen molar-refractivity contribution in [1.82, 2.24) is 0 Å². The van der Waals surface area contributed by atoms with Crippen molar-refractivity contribution in [1.29, 1.82) is 0 Å². The number of anilines is 1. The first kappa shape index (κ1) is 12.3. The molecule has 2 aromatic rings. The van der Waals surface area contributed by atoms with E-state index in [1.165, 1.54) is 10.4 Å². The van der Waals surface area contributed by atoms with Gasteiger partial charge in [-0.2, -0.15) is 0 Å². The summed E-state index contributed by atoms with van der Waals surface area (Å²) < 4.78 is 0.883. The molecule has 4 heteroatoms. The summed E-state index contributed by atoms with van der Waals surface area (Å²) in [6, 6.07) is 8.56. The smallest absolute Gasteiger partial charge is 0.0934 e. The number of benzene rings is 1. The van der Waals surface area contributed by atoms with Crippen LogP contribution in [0.15, 0.2) is 24.3 Å². The predicted molar refractivity (Wildman–Crippen MR) is 80.2 cm³/mol. The normalized spacial score (nSPS) is 17.8. The molecule has 1 aromatic carbocycles. The van der Waals surface area contributed by atoms with E-state index < -0.39 is 0 Å². The van der Waals surface area contributed by atoms with Crippen molar-refractivity contribution in [2.24, 2.45) is 0 Å². The quantitative estimate of drug-likeness (QED) is 0.776. The van der Waals surface area contributed by atoms with Crippen LogP contribution >= 0.6 is 34.5 Å². The molecule has 94 valence electrons. The number of hydrogen-bond acceptors (Lipinski definition) is 2. The summed E-state index contributed by atoms with van der Waals surface area (Å²) in [5.41, 5.74) is 3.53. The van der Waals surface area contributed by atoms with Crippen LogP contribution < -0.4 is 5.32 Å². The monoisotopic (exact) mass is 297 g/mol. The Hall–Kier alpha value is -0.700. The van der Waals surface area contributed by atoms with Crippen LogP contribution in [-0.2, 0) is 6.42 Å². The van der Waals surface area contributed by atoms with Crippen molar-refractivity contribution in [2.45, 2.75) is 25.8 Å². The summed E-state index contributed by atoms with van der Waals surface area (Å²) in [7, 11) is 0. The second-order valence-electron chi connectivity index (χ2n) is 4.63. The molecule has 1 atom stereocenters. The third-order valence-electron chi connectivity index (χ3n) is 3.36. The first-order valence-corrected chi connectivity index (χ1v) is 7.51. The second kappa shape index (κ2) is 4.76. The van der Waals surface area contributed by atoms with Crippen LogP contribution in [0.4, 0.5) is 5.69 Å². The van der Waals surface area contributed by atoms with Gasteiger partial charge < -0.3 is 5.32 Å². The first-order valence-electron chi connectivity index (χ1n) is 5.94.